The highest BCUT2D eigenvalue weighted by molar-refractivity contribution is 5.92. The summed E-state index contributed by atoms with van der Waals surface area (Å²) in [6.07, 6.45) is -0.274. The molecule has 0 spiro atoms. The van der Waals surface area contributed by atoms with Gasteiger partial charge in [0.2, 0.25) is 17.4 Å². The Hall–Kier alpha value is -4.54. The minimum Gasteiger partial charge on any atom is -0.507 e. The van der Waals surface area contributed by atoms with Crippen LogP contribution < -0.4 is 39.4 Å². The number of hydrogen-bond donors (Lipinski definition) is 2. The van der Waals surface area contributed by atoms with Gasteiger partial charge in [0.15, 0.2) is 23.0 Å². The molecule has 0 aliphatic rings. The van der Waals surface area contributed by atoms with Crippen molar-refractivity contribution in [1.29, 1.82) is 0 Å². The van der Waals surface area contributed by atoms with Crippen molar-refractivity contribution in [3.05, 3.63) is 57.6 Å². The average molecular weight is 530 g/mol. The molecule has 1 aromatic heterocycles. The lowest BCUT2D eigenvalue weighted by atomic mass is 9.87. The predicted octanol–water partition coefficient (Wildman–Crippen LogP) is 3.87. The van der Waals surface area contributed by atoms with Gasteiger partial charge in [0.25, 0.3) is 0 Å². The maximum atomic E-state index is 13.4. The quantitative estimate of drug-likeness (QED) is 0.377. The van der Waals surface area contributed by atoms with E-state index in [1.807, 2.05) is 0 Å². The van der Waals surface area contributed by atoms with E-state index in [0.717, 1.165) is 0 Å². The van der Waals surface area contributed by atoms with E-state index in [1.54, 1.807) is 24.3 Å². The highest BCUT2D eigenvalue weighted by atomic mass is 16.5. The third kappa shape index (κ3) is 5.56. The maximum absolute atomic E-state index is 13.4. The minimum atomic E-state index is -0.983. The van der Waals surface area contributed by atoms with Gasteiger partial charge in [-0.25, -0.2) is 4.79 Å². The Morgan fingerprint density at radius 3 is 1.92 bits per heavy atom. The first-order chi connectivity index (χ1) is 18.2. The van der Waals surface area contributed by atoms with Crippen LogP contribution in [0.15, 0.2) is 39.5 Å². The Bertz CT molecular complexity index is 1340. The van der Waals surface area contributed by atoms with E-state index in [-0.39, 0.29) is 35.0 Å². The first-order valence-electron chi connectivity index (χ1n) is 11.4. The van der Waals surface area contributed by atoms with Crippen LogP contribution in [0.1, 0.15) is 29.2 Å². The van der Waals surface area contributed by atoms with Crippen molar-refractivity contribution in [2.75, 3.05) is 48.0 Å². The molecule has 38 heavy (non-hydrogen) atoms. The van der Waals surface area contributed by atoms with E-state index in [1.165, 1.54) is 55.6 Å². The summed E-state index contributed by atoms with van der Waals surface area (Å²) in [6.45, 7) is 1.54. The fourth-order valence-corrected chi connectivity index (χ4v) is 4.24. The molecule has 2 N–H and O–H groups in total. The number of nitrogens with one attached hydrogen (secondary N) is 1. The molecule has 0 bridgehead atoms. The van der Waals surface area contributed by atoms with Gasteiger partial charge in [0.1, 0.15) is 11.5 Å². The third-order valence-electron chi connectivity index (χ3n) is 5.89. The van der Waals surface area contributed by atoms with Crippen LogP contribution in [0, 0.1) is 6.92 Å². The van der Waals surface area contributed by atoms with Crippen molar-refractivity contribution in [3.63, 3.8) is 0 Å². The van der Waals surface area contributed by atoms with Gasteiger partial charge in [-0.05, 0) is 13.0 Å². The van der Waals surface area contributed by atoms with Crippen molar-refractivity contribution in [3.8, 4) is 40.2 Å². The molecule has 1 heterocycles. The number of carbonyl (C=O) groups excluding carboxylic acids is 1. The second kappa shape index (κ2) is 12.1. The Balaban J connectivity index is 2.12. The number of hydrogen-bond acceptors (Lipinski definition) is 10. The molecule has 2 aromatic carbocycles. The Morgan fingerprint density at radius 2 is 1.42 bits per heavy atom. The molecule has 3 aromatic rings. The smallest absolute Gasteiger partial charge is 0.343 e. The second-order valence-corrected chi connectivity index (χ2v) is 8.09. The molecule has 3 rings (SSSR count). The van der Waals surface area contributed by atoms with Crippen molar-refractivity contribution in [2.45, 2.75) is 19.3 Å². The molecule has 0 fully saturated rings. The van der Waals surface area contributed by atoms with E-state index in [9.17, 15) is 14.7 Å². The van der Waals surface area contributed by atoms with Gasteiger partial charge in [-0.2, -0.15) is 0 Å². The monoisotopic (exact) mass is 529 g/mol. The lowest BCUT2D eigenvalue weighted by Gasteiger charge is -2.22. The summed E-state index contributed by atoms with van der Waals surface area (Å²) in [5.74, 6) is 0.364. The van der Waals surface area contributed by atoms with Crippen LogP contribution in [0.25, 0.3) is 0 Å². The average Bonchev–Trinajstić information content (AvgIpc) is 2.90. The molecule has 0 saturated carbocycles. The van der Waals surface area contributed by atoms with Crippen LogP contribution in [0.4, 0.5) is 5.69 Å². The minimum absolute atomic E-state index is 0.110. The molecule has 0 saturated heterocycles. The molecule has 11 nitrogen and oxygen atoms in total. The normalized spacial score (nSPS) is 11.3. The Labute approximate surface area is 219 Å². The van der Waals surface area contributed by atoms with Crippen molar-refractivity contribution in [2.24, 2.45) is 0 Å². The summed E-state index contributed by atoms with van der Waals surface area (Å²) < 4.78 is 37.7. The van der Waals surface area contributed by atoms with E-state index >= 15 is 0 Å². The van der Waals surface area contributed by atoms with Crippen LogP contribution in [0.3, 0.4) is 0 Å². The van der Waals surface area contributed by atoms with Crippen LogP contribution in [-0.4, -0.2) is 53.7 Å². The number of benzene rings is 2. The second-order valence-electron chi connectivity index (χ2n) is 8.09. The van der Waals surface area contributed by atoms with Crippen LogP contribution >= 0.6 is 0 Å². The first kappa shape index (κ1) is 28.0. The highest BCUT2D eigenvalue weighted by Gasteiger charge is 2.31. The van der Waals surface area contributed by atoms with Gasteiger partial charge in [-0.3, -0.25) is 4.79 Å². The zero-order valence-electron chi connectivity index (χ0n) is 22.3. The number of ether oxygens (including phenoxy) is 6. The van der Waals surface area contributed by atoms with Crippen molar-refractivity contribution in [1.82, 2.24) is 0 Å². The summed E-state index contributed by atoms with van der Waals surface area (Å²) in [5.41, 5.74) is -0.134. The fraction of sp³-hybridized carbons (Fsp3) is 0.333. The maximum Gasteiger partial charge on any atom is 0.343 e. The fourth-order valence-electron chi connectivity index (χ4n) is 4.24. The van der Waals surface area contributed by atoms with E-state index in [4.69, 9.17) is 32.8 Å². The topological polar surface area (TPSA) is 135 Å². The molecule has 1 amide bonds. The molecule has 1 atom stereocenters. The van der Waals surface area contributed by atoms with E-state index in [0.29, 0.717) is 34.2 Å². The summed E-state index contributed by atoms with van der Waals surface area (Å²) in [6, 6.07) is 7.71. The number of methoxy groups -OCH3 is 6. The van der Waals surface area contributed by atoms with Gasteiger partial charge < -0.3 is 43.3 Å². The summed E-state index contributed by atoms with van der Waals surface area (Å²) in [5, 5.41) is 13.5. The molecule has 0 unspecified atom stereocenters. The highest BCUT2D eigenvalue weighted by Crippen LogP contribution is 2.46. The number of aromatic hydroxyl groups is 1. The largest absolute Gasteiger partial charge is 0.507 e. The first-order valence-corrected chi connectivity index (χ1v) is 11.4. The molecular weight excluding hydrogens is 498 g/mol. The summed E-state index contributed by atoms with van der Waals surface area (Å²) in [4.78, 5) is 26.3. The number of anilines is 1. The number of carbonyl (C=O) groups is 1. The SMILES string of the molecule is COc1cc(NC(=O)C[C@H](c2ccc(OC)c(OC)c2OC)c2c(O)cc(C)oc2=O)cc(OC)c1OC. The molecule has 0 aliphatic carbocycles. The molecule has 204 valence electrons. The van der Waals surface area contributed by atoms with Crippen LogP contribution in [0.2, 0.25) is 0 Å². The van der Waals surface area contributed by atoms with Crippen molar-refractivity contribution < 1.29 is 42.7 Å². The summed E-state index contributed by atoms with van der Waals surface area (Å²) >= 11 is 0. The zero-order valence-corrected chi connectivity index (χ0v) is 22.3. The summed E-state index contributed by atoms with van der Waals surface area (Å²) in [7, 11) is 8.72. The van der Waals surface area contributed by atoms with Crippen LogP contribution in [0.5, 0.6) is 40.2 Å². The van der Waals surface area contributed by atoms with Gasteiger partial charge in [-0.1, -0.05) is 6.07 Å². The number of amides is 1. The van der Waals surface area contributed by atoms with Gasteiger partial charge >= 0.3 is 5.63 Å². The molecule has 0 aliphatic heterocycles. The van der Waals surface area contributed by atoms with Gasteiger partial charge in [0.05, 0.1) is 48.2 Å². The lowest BCUT2D eigenvalue weighted by Crippen LogP contribution is -2.21. The molecular formula is C27H31NO10. The predicted molar refractivity (Wildman–Crippen MR) is 139 cm³/mol. The third-order valence-corrected chi connectivity index (χ3v) is 5.89. The molecule has 11 heteroatoms. The van der Waals surface area contributed by atoms with Crippen LogP contribution in [-0.2, 0) is 4.79 Å². The van der Waals surface area contributed by atoms with E-state index < -0.39 is 17.5 Å². The van der Waals surface area contributed by atoms with Crippen molar-refractivity contribution >= 4 is 11.6 Å². The standard InChI is InChI=1S/C27H31NO10/c1-14-10-18(29)23(27(31)38-14)17(16-8-9-19(32-2)26(37-7)24(16)35-5)13-22(30)28-15-11-20(33-3)25(36-6)21(12-15)34-4/h8-12,17,29H,13H2,1-7H3,(H,28,30)/t17-/m1/s1. The number of aryl methyl sites for hydroxylation is 1. The Morgan fingerprint density at radius 1 is 0.842 bits per heavy atom. The Kier molecular flexibility index (Phi) is 8.95. The van der Waals surface area contributed by atoms with Gasteiger partial charge in [0, 0.05) is 41.8 Å². The lowest BCUT2D eigenvalue weighted by molar-refractivity contribution is -0.116. The zero-order chi connectivity index (χ0) is 28.0. The van der Waals surface area contributed by atoms with Gasteiger partial charge in [-0.15, -0.1) is 0 Å². The van der Waals surface area contributed by atoms with E-state index in [2.05, 4.69) is 5.32 Å². The number of rotatable bonds is 11. The molecule has 0 radical (unpaired) electrons.